The van der Waals surface area contributed by atoms with Crippen molar-refractivity contribution in [3.63, 3.8) is 0 Å². The first-order valence-corrected chi connectivity index (χ1v) is 9.22. The van der Waals surface area contributed by atoms with Gasteiger partial charge in [0.1, 0.15) is 22.4 Å². The zero-order valence-corrected chi connectivity index (χ0v) is 16.0. The second kappa shape index (κ2) is 6.52. The fourth-order valence-corrected chi connectivity index (χ4v) is 4.50. The number of nitrogens with zero attached hydrogens (tertiary/aromatic N) is 2. The van der Waals surface area contributed by atoms with Crippen molar-refractivity contribution in [1.29, 1.82) is 0 Å². The number of halogens is 1. The SMILES string of the molecule is COC(=O)c1c(N2C(=O)C3ON=C(c4ccc(F)cc4)C3C2=O)sc(C)c1C. The number of aryl methyl sites for hydroxylation is 1. The Morgan fingerprint density at radius 3 is 2.54 bits per heavy atom. The number of fused-ring (bicyclic) bond motifs is 1. The van der Waals surface area contributed by atoms with Gasteiger partial charge in [0, 0.05) is 10.4 Å². The molecule has 1 aromatic heterocycles. The van der Waals surface area contributed by atoms with Gasteiger partial charge in [0.05, 0.1) is 12.7 Å². The zero-order valence-electron chi connectivity index (χ0n) is 15.2. The van der Waals surface area contributed by atoms with Gasteiger partial charge in [-0.1, -0.05) is 17.3 Å². The number of thiophene rings is 1. The molecule has 2 amide bonds. The highest BCUT2D eigenvalue weighted by Crippen LogP contribution is 2.42. The predicted octanol–water partition coefficient (Wildman–Crippen LogP) is 2.58. The van der Waals surface area contributed by atoms with Crippen molar-refractivity contribution in [2.75, 3.05) is 12.0 Å². The molecule has 0 spiro atoms. The maximum absolute atomic E-state index is 13.2. The summed E-state index contributed by atoms with van der Waals surface area (Å²) in [4.78, 5) is 45.3. The topological polar surface area (TPSA) is 85.3 Å². The molecule has 9 heteroatoms. The number of methoxy groups -OCH3 is 1. The highest BCUT2D eigenvalue weighted by Gasteiger charge is 2.57. The largest absolute Gasteiger partial charge is 0.465 e. The van der Waals surface area contributed by atoms with Gasteiger partial charge in [-0.25, -0.2) is 14.1 Å². The number of benzene rings is 1. The van der Waals surface area contributed by atoms with Crippen molar-refractivity contribution in [2.24, 2.45) is 11.1 Å². The van der Waals surface area contributed by atoms with Crippen LogP contribution in [0.2, 0.25) is 0 Å². The van der Waals surface area contributed by atoms with E-state index in [4.69, 9.17) is 9.57 Å². The molecule has 7 nitrogen and oxygen atoms in total. The summed E-state index contributed by atoms with van der Waals surface area (Å²) < 4.78 is 18.0. The molecule has 3 heterocycles. The molecule has 2 aromatic rings. The number of carbonyl (C=O) groups is 3. The fourth-order valence-electron chi connectivity index (χ4n) is 3.35. The highest BCUT2D eigenvalue weighted by atomic mass is 32.1. The van der Waals surface area contributed by atoms with Crippen molar-refractivity contribution in [3.05, 3.63) is 51.7 Å². The first-order valence-electron chi connectivity index (χ1n) is 8.41. The van der Waals surface area contributed by atoms with Gasteiger partial charge >= 0.3 is 5.97 Å². The Morgan fingerprint density at radius 2 is 1.89 bits per heavy atom. The van der Waals surface area contributed by atoms with Gasteiger partial charge in [-0.3, -0.25) is 9.59 Å². The summed E-state index contributed by atoms with van der Waals surface area (Å²) in [5.74, 6) is -3.14. The van der Waals surface area contributed by atoms with Gasteiger partial charge in [-0.2, -0.15) is 0 Å². The molecule has 0 bridgehead atoms. The van der Waals surface area contributed by atoms with Crippen LogP contribution in [0.4, 0.5) is 9.39 Å². The third-order valence-electron chi connectivity index (χ3n) is 4.91. The minimum absolute atomic E-state index is 0.187. The lowest BCUT2D eigenvalue weighted by Gasteiger charge is -2.15. The van der Waals surface area contributed by atoms with Crippen LogP contribution in [-0.2, 0) is 19.2 Å². The summed E-state index contributed by atoms with van der Waals surface area (Å²) in [5, 5.41) is 4.10. The van der Waals surface area contributed by atoms with E-state index in [0.29, 0.717) is 11.1 Å². The average molecular weight is 402 g/mol. The molecule has 0 aliphatic carbocycles. The van der Waals surface area contributed by atoms with Gasteiger partial charge in [-0.05, 0) is 31.5 Å². The maximum atomic E-state index is 13.2. The molecule has 0 radical (unpaired) electrons. The quantitative estimate of drug-likeness (QED) is 0.582. The summed E-state index contributed by atoms with van der Waals surface area (Å²) in [6.45, 7) is 3.53. The van der Waals surface area contributed by atoms with Crippen LogP contribution in [0.5, 0.6) is 0 Å². The van der Waals surface area contributed by atoms with E-state index in [1.54, 1.807) is 13.8 Å². The van der Waals surface area contributed by atoms with Gasteiger partial charge in [0.15, 0.2) is 0 Å². The molecule has 2 aliphatic rings. The molecule has 2 atom stereocenters. The Kier molecular flexibility index (Phi) is 4.26. The van der Waals surface area contributed by atoms with Gasteiger partial charge in [0.25, 0.3) is 5.91 Å². The molecule has 1 fully saturated rings. The molecule has 0 N–H and O–H groups in total. The van der Waals surface area contributed by atoms with E-state index in [1.165, 1.54) is 42.7 Å². The van der Waals surface area contributed by atoms with Crippen LogP contribution in [0.15, 0.2) is 29.4 Å². The molecule has 1 saturated heterocycles. The number of anilines is 1. The standard InChI is InChI=1S/C19H15FN2O5S/c1-8-9(2)28-18(12(8)19(25)26-3)22-16(23)13-14(21-27-15(13)17(22)24)10-4-6-11(20)7-5-10/h4-7,13,15H,1-3H3. The van der Waals surface area contributed by atoms with Crippen molar-refractivity contribution in [2.45, 2.75) is 20.0 Å². The molecule has 2 unspecified atom stereocenters. The third kappa shape index (κ3) is 2.54. The van der Waals surface area contributed by atoms with Gasteiger partial charge < -0.3 is 9.57 Å². The van der Waals surface area contributed by atoms with Crippen LogP contribution < -0.4 is 4.90 Å². The second-order valence-electron chi connectivity index (χ2n) is 6.45. The molecular formula is C19H15FN2O5S. The molecular weight excluding hydrogens is 387 g/mol. The summed E-state index contributed by atoms with van der Waals surface area (Å²) in [6, 6.07) is 5.43. The van der Waals surface area contributed by atoms with Gasteiger partial charge in [-0.15, -0.1) is 11.3 Å². The molecule has 2 aliphatic heterocycles. The summed E-state index contributed by atoms with van der Waals surface area (Å²) in [6.07, 6.45) is -1.11. The third-order valence-corrected chi connectivity index (χ3v) is 6.10. The van der Waals surface area contributed by atoms with Crippen molar-refractivity contribution < 1.29 is 28.3 Å². The Morgan fingerprint density at radius 1 is 1.21 bits per heavy atom. The molecule has 0 saturated carbocycles. The first-order chi connectivity index (χ1) is 13.3. The average Bonchev–Trinajstić information content (AvgIpc) is 3.30. The maximum Gasteiger partial charge on any atom is 0.341 e. The Balaban J connectivity index is 1.76. The number of rotatable bonds is 3. The monoisotopic (exact) mass is 402 g/mol. The van der Waals surface area contributed by atoms with E-state index >= 15 is 0 Å². The molecule has 1 aromatic carbocycles. The molecule has 4 rings (SSSR count). The smallest absolute Gasteiger partial charge is 0.341 e. The van der Waals surface area contributed by atoms with Crippen molar-refractivity contribution >= 4 is 39.8 Å². The Bertz CT molecular complexity index is 1040. The highest BCUT2D eigenvalue weighted by molar-refractivity contribution is 7.17. The normalized spacial score (nSPS) is 20.9. The summed E-state index contributed by atoms with van der Waals surface area (Å²) in [5.41, 5.74) is 1.59. The molecule has 28 heavy (non-hydrogen) atoms. The van der Waals surface area contributed by atoms with Crippen LogP contribution in [0, 0.1) is 25.6 Å². The lowest BCUT2D eigenvalue weighted by Crippen LogP contribution is -2.33. The first kappa shape index (κ1) is 18.3. The van der Waals surface area contributed by atoms with E-state index in [2.05, 4.69) is 5.16 Å². The predicted molar refractivity (Wildman–Crippen MR) is 98.9 cm³/mol. The minimum atomic E-state index is -1.11. The molecule has 144 valence electrons. The minimum Gasteiger partial charge on any atom is -0.465 e. The number of hydrogen-bond acceptors (Lipinski definition) is 7. The van der Waals surface area contributed by atoms with Crippen LogP contribution in [0.25, 0.3) is 0 Å². The van der Waals surface area contributed by atoms with Crippen LogP contribution >= 0.6 is 11.3 Å². The summed E-state index contributed by atoms with van der Waals surface area (Å²) in [7, 11) is 1.24. The number of oxime groups is 1. The number of ether oxygens (including phenoxy) is 1. The van der Waals surface area contributed by atoms with Crippen molar-refractivity contribution in [1.82, 2.24) is 0 Å². The van der Waals surface area contributed by atoms with E-state index in [0.717, 1.165) is 9.78 Å². The van der Waals surface area contributed by atoms with Crippen molar-refractivity contribution in [3.8, 4) is 0 Å². The zero-order chi connectivity index (χ0) is 20.2. The van der Waals surface area contributed by atoms with Crippen LogP contribution in [0.1, 0.15) is 26.4 Å². The number of esters is 1. The fraction of sp³-hybridized carbons (Fsp3) is 0.263. The van der Waals surface area contributed by atoms with Crippen LogP contribution in [0.3, 0.4) is 0 Å². The Labute approximate surface area is 163 Å². The summed E-state index contributed by atoms with van der Waals surface area (Å²) >= 11 is 1.17. The lowest BCUT2D eigenvalue weighted by molar-refractivity contribution is -0.126. The van der Waals surface area contributed by atoms with E-state index < -0.39 is 35.6 Å². The second-order valence-corrected chi connectivity index (χ2v) is 7.66. The number of amides is 2. The van der Waals surface area contributed by atoms with Gasteiger partial charge in [0.2, 0.25) is 12.0 Å². The van der Waals surface area contributed by atoms with E-state index in [1.807, 2.05) is 0 Å². The van der Waals surface area contributed by atoms with E-state index in [9.17, 15) is 18.8 Å². The number of hydrogen-bond donors (Lipinski definition) is 0. The Hall–Kier alpha value is -3.07. The number of carbonyl (C=O) groups excluding carboxylic acids is 3. The number of imide groups is 1. The van der Waals surface area contributed by atoms with E-state index in [-0.39, 0.29) is 16.3 Å². The van der Waals surface area contributed by atoms with Crippen LogP contribution in [-0.4, -0.2) is 36.7 Å². The lowest BCUT2D eigenvalue weighted by atomic mass is 9.94.